The third kappa shape index (κ3) is 4.96. The molecule has 0 unspecified atom stereocenters. The summed E-state index contributed by atoms with van der Waals surface area (Å²) in [4.78, 5) is 25.5. The summed E-state index contributed by atoms with van der Waals surface area (Å²) in [7, 11) is 1.57. The lowest BCUT2D eigenvalue weighted by molar-refractivity contribution is 0.102. The summed E-state index contributed by atoms with van der Waals surface area (Å²) in [5, 5.41) is 15.9. The van der Waals surface area contributed by atoms with Crippen LogP contribution in [0.3, 0.4) is 0 Å². The molecule has 3 amide bonds. The van der Waals surface area contributed by atoms with Gasteiger partial charge in [-0.15, -0.1) is 0 Å². The largest absolute Gasteiger partial charge is 0.497 e. The van der Waals surface area contributed by atoms with Crippen molar-refractivity contribution < 1.29 is 18.8 Å². The van der Waals surface area contributed by atoms with Gasteiger partial charge in [0.25, 0.3) is 5.91 Å². The van der Waals surface area contributed by atoms with Crippen molar-refractivity contribution in [2.24, 2.45) is 0 Å². The minimum atomic E-state index is -0.514. The van der Waals surface area contributed by atoms with Crippen molar-refractivity contribution in [3.63, 3.8) is 0 Å². The van der Waals surface area contributed by atoms with Crippen molar-refractivity contribution in [3.05, 3.63) is 82.6 Å². The van der Waals surface area contributed by atoms with E-state index in [-0.39, 0.29) is 11.4 Å². The fraction of sp³-hybridized carbons (Fsp3) is 0.0870. The molecule has 0 bridgehead atoms. The van der Waals surface area contributed by atoms with Crippen LogP contribution in [0.2, 0.25) is 0 Å². The van der Waals surface area contributed by atoms with E-state index >= 15 is 0 Å². The molecule has 4 rings (SSSR count). The van der Waals surface area contributed by atoms with E-state index < -0.39 is 11.9 Å². The molecule has 0 saturated carbocycles. The Balaban J connectivity index is 1.54. The lowest BCUT2D eigenvalue weighted by Crippen LogP contribution is -2.29. The lowest BCUT2D eigenvalue weighted by Gasteiger charge is -2.09. The Hall–Kier alpha value is -4.11. The number of amides is 3. The number of anilines is 2. The first-order valence-electron chi connectivity index (χ1n) is 9.70. The van der Waals surface area contributed by atoms with Crippen molar-refractivity contribution in [1.82, 2.24) is 10.5 Å². The smallest absolute Gasteiger partial charge is 0.321 e. The van der Waals surface area contributed by atoms with Crippen LogP contribution in [0, 0.1) is 0 Å². The van der Waals surface area contributed by atoms with Gasteiger partial charge in [0.1, 0.15) is 17.0 Å². The second-order valence-corrected chi connectivity index (χ2v) is 7.50. The molecule has 0 aliphatic carbocycles. The molecule has 2 heterocycles. The average Bonchev–Trinajstić information content (AvgIpc) is 3.49. The van der Waals surface area contributed by atoms with Gasteiger partial charge in [-0.2, -0.15) is 11.3 Å². The molecule has 8 nitrogen and oxygen atoms in total. The van der Waals surface area contributed by atoms with Gasteiger partial charge in [0.2, 0.25) is 5.88 Å². The van der Waals surface area contributed by atoms with Crippen LogP contribution < -0.4 is 20.7 Å². The van der Waals surface area contributed by atoms with Gasteiger partial charge < -0.3 is 19.9 Å². The maximum atomic E-state index is 13.1. The first-order valence-corrected chi connectivity index (χ1v) is 10.6. The number of hydrogen-bond acceptors (Lipinski definition) is 6. The van der Waals surface area contributed by atoms with Gasteiger partial charge in [0.15, 0.2) is 0 Å². The zero-order valence-corrected chi connectivity index (χ0v) is 17.9. The van der Waals surface area contributed by atoms with Crippen LogP contribution in [0.4, 0.5) is 16.4 Å². The molecule has 0 saturated heterocycles. The number of benzene rings is 2. The van der Waals surface area contributed by atoms with E-state index in [9.17, 15) is 9.59 Å². The molecule has 4 aromatic rings. The Morgan fingerprint density at radius 2 is 1.81 bits per heavy atom. The van der Waals surface area contributed by atoms with Crippen LogP contribution in [0.1, 0.15) is 15.9 Å². The number of rotatable bonds is 7. The molecule has 32 heavy (non-hydrogen) atoms. The molecular formula is C23H20N4O4S. The van der Waals surface area contributed by atoms with Crippen molar-refractivity contribution in [2.75, 3.05) is 17.7 Å². The molecule has 0 aliphatic rings. The maximum Gasteiger partial charge on any atom is 0.321 e. The van der Waals surface area contributed by atoms with E-state index in [2.05, 4.69) is 21.1 Å². The predicted octanol–water partition coefficient (Wildman–Crippen LogP) is 4.99. The number of carbonyl (C=O) groups excluding carboxylic acids is 2. The van der Waals surface area contributed by atoms with Gasteiger partial charge in [-0.05, 0) is 41.3 Å². The summed E-state index contributed by atoms with van der Waals surface area (Å²) in [5.41, 5.74) is 2.70. The fourth-order valence-corrected chi connectivity index (χ4v) is 3.62. The second kappa shape index (κ2) is 9.80. The van der Waals surface area contributed by atoms with Gasteiger partial charge in [0.05, 0.1) is 7.11 Å². The highest BCUT2D eigenvalue weighted by Crippen LogP contribution is 2.31. The molecule has 0 radical (unpaired) electrons. The van der Waals surface area contributed by atoms with E-state index in [0.29, 0.717) is 23.7 Å². The standard InChI is InChI=1S/C23H20N4O4S/c1-30-18-9-7-17(8-10-18)25-21(28)19-20(16-11-12-32-14-16)27-31-22(19)26-23(29)24-13-15-5-3-2-4-6-15/h2-12,14H,13H2,1H3,(H,25,28)(H2,24,26,29). The highest BCUT2D eigenvalue weighted by molar-refractivity contribution is 7.08. The third-order valence-corrected chi connectivity index (χ3v) is 5.27. The molecule has 9 heteroatoms. The van der Waals surface area contributed by atoms with Crippen molar-refractivity contribution >= 4 is 34.8 Å². The summed E-state index contributed by atoms with van der Waals surface area (Å²) in [6, 6.07) is 17.7. The van der Waals surface area contributed by atoms with Crippen LogP contribution in [0.15, 0.2) is 75.9 Å². The third-order valence-electron chi connectivity index (χ3n) is 4.58. The summed E-state index contributed by atoms with van der Waals surface area (Å²) < 4.78 is 10.5. The number of ether oxygens (including phenoxy) is 1. The van der Waals surface area contributed by atoms with Gasteiger partial charge in [-0.1, -0.05) is 35.5 Å². The average molecular weight is 449 g/mol. The zero-order valence-electron chi connectivity index (χ0n) is 17.1. The minimum absolute atomic E-state index is 0.0391. The number of methoxy groups -OCH3 is 1. The summed E-state index contributed by atoms with van der Waals surface area (Å²) in [6.07, 6.45) is 0. The van der Waals surface area contributed by atoms with Gasteiger partial charge in [0, 0.05) is 23.2 Å². The van der Waals surface area contributed by atoms with Crippen LogP contribution in [-0.4, -0.2) is 24.2 Å². The first-order chi connectivity index (χ1) is 15.6. The number of carbonyl (C=O) groups is 2. The molecule has 162 valence electrons. The highest BCUT2D eigenvalue weighted by atomic mass is 32.1. The molecule has 0 spiro atoms. The molecule has 2 aromatic heterocycles. The monoisotopic (exact) mass is 448 g/mol. The van der Waals surface area contributed by atoms with Crippen LogP contribution in [0.5, 0.6) is 5.75 Å². The molecule has 3 N–H and O–H groups in total. The number of nitrogens with one attached hydrogen (secondary N) is 3. The summed E-state index contributed by atoms with van der Waals surface area (Å²) in [6.45, 7) is 0.325. The van der Waals surface area contributed by atoms with E-state index in [4.69, 9.17) is 9.26 Å². The molecule has 0 atom stereocenters. The Morgan fingerprint density at radius 1 is 1.03 bits per heavy atom. The topological polar surface area (TPSA) is 105 Å². The van der Waals surface area contributed by atoms with Crippen molar-refractivity contribution in [2.45, 2.75) is 6.54 Å². The Labute approximate surface area is 188 Å². The van der Waals surface area contributed by atoms with Gasteiger partial charge in [-0.3, -0.25) is 10.1 Å². The normalized spacial score (nSPS) is 10.4. The van der Waals surface area contributed by atoms with Gasteiger partial charge >= 0.3 is 6.03 Å². The van der Waals surface area contributed by atoms with Crippen molar-refractivity contribution in [1.29, 1.82) is 0 Å². The Bertz CT molecular complexity index is 1190. The van der Waals surface area contributed by atoms with E-state index in [0.717, 1.165) is 11.1 Å². The number of aromatic nitrogens is 1. The fourth-order valence-electron chi connectivity index (χ4n) is 2.98. The summed E-state index contributed by atoms with van der Waals surface area (Å²) >= 11 is 1.46. The minimum Gasteiger partial charge on any atom is -0.497 e. The number of thiophene rings is 1. The SMILES string of the molecule is COc1ccc(NC(=O)c2c(-c3ccsc3)noc2NC(=O)NCc2ccccc2)cc1. The molecule has 0 aliphatic heterocycles. The highest BCUT2D eigenvalue weighted by Gasteiger charge is 2.26. The first kappa shape index (κ1) is 21.1. The molecule has 2 aromatic carbocycles. The molecular weight excluding hydrogens is 428 g/mol. The van der Waals surface area contributed by atoms with Gasteiger partial charge in [-0.25, -0.2) is 4.79 Å². The Kier molecular flexibility index (Phi) is 6.47. The summed E-state index contributed by atoms with van der Waals surface area (Å²) in [5.74, 6) is 0.170. The van der Waals surface area contributed by atoms with Crippen LogP contribution >= 0.6 is 11.3 Å². The van der Waals surface area contributed by atoms with Crippen LogP contribution in [-0.2, 0) is 6.54 Å². The van der Waals surface area contributed by atoms with E-state index in [1.165, 1.54) is 11.3 Å². The maximum absolute atomic E-state index is 13.1. The van der Waals surface area contributed by atoms with Crippen LogP contribution in [0.25, 0.3) is 11.3 Å². The number of hydrogen-bond donors (Lipinski definition) is 3. The van der Waals surface area contributed by atoms with E-state index in [1.807, 2.05) is 47.2 Å². The van der Waals surface area contributed by atoms with E-state index in [1.54, 1.807) is 31.4 Å². The molecule has 0 fully saturated rings. The quantitative estimate of drug-likeness (QED) is 0.370. The number of urea groups is 1. The number of nitrogens with zero attached hydrogens (tertiary/aromatic N) is 1. The van der Waals surface area contributed by atoms with Crippen molar-refractivity contribution in [3.8, 4) is 17.0 Å². The second-order valence-electron chi connectivity index (χ2n) is 6.72. The lowest BCUT2D eigenvalue weighted by atomic mass is 10.1. The zero-order chi connectivity index (χ0) is 22.3. The predicted molar refractivity (Wildman–Crippen MR) is 123 cm³/mol. The Morgan fingerprint density at radius 3 is 2.50 bits per heavy atom.